The zero-order valence-corrected chi connectivity index (χ0v) is 9.37. The van der Waals surface area contributed by atoms with Crippen LogP contribution in [0.5, 0.6) is 0 Å². The molecule has 0 unspecified atom stereocenters. The first-order valence-corrected chi connectivity index (χ1v) is 6.05. The van der Waals surface area contributed by atoms with Crippen LogP contribution in [0.3, 0.4) is 0 Å². The van der Waals surface area contributed by atoms with Crippen LogP contribution < -0.4 is 0 Å². The molecule has 0 spiro atoms. The summed E-state index contributed by atoms with van der Waals surface area (Å²) in [6.07, 6.45) is 8.32. The van der Waals surface area contributed by atoms with Gasteiger partial charge >= 0.3 is 0 Å². The number of hydrogen-bond donors (Lipinski definition) is 0. The summed E-state index contributed by atoms with van der Waals surface area (Å²) in [7, 11) is 0. The van der Waals surface area contributed by atoms with Gasteiger partial charge in [-0.3, -0.25) is 4.79 Å². The van der Waals surface area contributed by atoms with Crippen LogP contribution in [0.2, 0.25) is 0 Å². The Kier molecular flexibility index (Phi) is 3.50. The van der Waals surface area contributed by atoms with E-state index in [4.69, 9.17) is 0 Å². The van der Waals surface area contributed by atoms with Gasteiger partial charge < -0.3 is 4.90 Å². The summed E-state index contributed by atoms with van der Waals surface area (Å²) >= 11 is 1.62. The van der Waals surface area contributed by atoms with Gasteiger partial charge in [-0.25, -0.2) is 4.98 Å². The molecule has 0 saturated carbocycles. The van der Waals surface area contributed by atoms with Gasteiger partial charge in [0.1, 0.15) is 0 Å². The van der Waals surface area contributed by atoms with E-state index in [2.05, 4.69) is 17.1 Å². The molecule has 3 nitrogen and oxygen atoms in total. The van der Waals surface area contributed by atoms with E-state index < -0.39 is 0 Å². The number of aryl methyl sites for hydroxylation is 1. The van der Waals surface area contributed by atoms with Gasteiger partial charge in [-0.15, -0.1) is 11.3 Å². The van der Waals surface area contributed by atoms with E-state index >= 15 is 0 Å². The summed E-state index contributed by atoms with van der Waals surface area (Å²) in [5.41, 5.74) is 0. The molecular formula is C11H14N2OS. The molecule has 0 N–H and O–H groups in total. The number of aromatic nitrogens is 1. The molecule has 80 valence electrons. The van der Waals surface area contributed by atoms with E-state index in [1.54, 1.807) is 17.5 Å². The largest absolute Gasteiger partial charge is 0.339 e. The molecule has 2 rings (SSSR count). The first-order chi connectivity index (χ1) is 7.36. The van der Waals surface area contributed by atoms with E-state index in [1.807, 2.05) is 10.3 Å². The van der Waals surface area contributed by atoms with Gasteiger partial charge in [0.05, 0.1) is 5.01 Å². The van der Waals surface area contributed by atoms with Crippen LogP contribution in [-0.4, -0.2) is 28.9 Å². The molecule has 4 heteroatoms. The van der Waals surface area contributed by atoms with Crippen molar-refractivity contribution >= 4 is 17.2 Å². The summed E-state index contributed by atoms with van der Waals surface area (Å²) < 4.78 is 0. The van der Waals surface area contributed by atoms with Crippen molar-refractivity contribution in [2.45, 2.75) is 19.3 Å². The topological polar surface area (TPSA) is 33.2 Å². The lowest BCUT2D eigenvalue weighted by Crippen LogP contribution is -2.33. The third-order valence-corrected chi connectivity index (χ3v) is 3.29. The van der Waals surface area contributed by atoms with E-state index in [9.17, 15) is 4.79 Å². The molecule has 0 fully saturated rings. The molecule has 1 aliphatic rings. The number of nitrogens with zero attached hydrogens (tertiary/aromatic N) is 2. The Hall–Kier alpha value is -1.16. The normalized spacial score (nSPS) is 15.6. The maximum absolute atomic E-state index is 11.8. The molecule has 1 amide bonds. The average Bonchev–Trinajstić information content (AvgIpc) is 2.80. The quantitative estimate of drug-likeness (QED) is 0.731. The molecule has 1 aromatic heterocycles. The Balaban J connectivity index is 1.79. The number of thiazole rings is 1. The summed E-state index contributed by atoms with van der Waals surface area (Å²) in [4.78, 5) is 17.8. The predicted molar refractivity (Wildman–Crippen MR) is 60.8 cm³/mol. The second-order valence-electron chi connectivity index (χ2n) is 3.53. The molecule has 0 radical (unpaired) electrons. The molecular weight excluding hydrogens is 208 g/mol. The predicted octanol–water partition coefficient (Wildman–Crippen LogP) is 1.86. The van der Waals surface area contributed by atoms with Crippen LogP contribution in [0.25, 0.3) is 0 Å². The smallest absolute Gasteiger partial charge is 0.223 e. The minimum atomic E-state index is 0.245. The van der Waals surface area contributed by atoms with Gasteiger partial charge in [0.25, 0.3) is 0 Å². The molecule has 1 aromatic rings. The standard InChI is InChI=1S/C11H14N2OS/c14-11(13-7-2-1-3-8-13)5-4-10-12-6-9-15-10/h1-2,6,9H,3-5,7-8H2. The summed E-state index contributed by atoms with van der Waals surface area (Å²) in [5, 5.41) is 3.00. The second-order valence-corrected chi connectivity index (χ2v) is 4.50. The lowest BCUT2D eigenvalue weighted by atomic mass is 10.2. The molecule has 1 aliphatic heterocycles. The van der Waals surface area contributed by atoms with Crippen molar-refractivity contribution in [2.24, 2.45) is 0 Å². The van der Waals surface area contributed by atoms with Crippen LogP contribution in [-0.2, 0) is 11.2 Å². The highest BCUT2D eigenvalue weighted by Crippen LogP contribution is 2.09. The molecule has 0 aromatic carbocycles. The first kappa shape index (κ1) is 10.4. The fourth-order valence-electron chi connectivity index (χ4n) is 1.62. The van der Waals surface area contributed by atoms with Crippen molar-refractivity contribution in [1.82, 2.24) is 9.88 Å². The molecule has 0 atom stereocenters. The van der Waals surface area contributed by atoms with Crippen molar-refractivity contribution in [3.8, 4) is 0 Å². The van der Waals surface area contributed by atoms with E-state index in [0.29, 0.717) is 6.42 Å². The van der Waals surface area contributed by atoms with E-state index in [-0.39, 0.29) is 5.91 Å². The van der Waals surface area contributed by atoms with Gasteiger partial charge in [0, 0.05) is 37.5 Å². The van der Waals surface area contributed by atoms with Gasteiger partial charge in [0.2, 0.25) is 5.91 Å². The van der Waals surface area contributed by atoms with Crippen LogP contribution >= 0.6 is 11.3 Å². The number of carbonyl (C=O) groups is 1. The number of amides is 1. The van der Waals surface area contributed by atoms with E-state index in [1.165, 1.54) is 0 Å². The van der Waals surface area contributed by atoms with Gasteiger partial charge in [-0.05, 0) is 6.42 Å². The van der Waals surface area contributed by atoms with Gasteiger partial charge in [0.15, 0.2) is 0 Å². The number of carbonyl (C=O) groups excluding carboxylic acids is 1. The average molecular weight is 222 g/mol. The minimum Gasteiger partial charge on any atom is -0.339 e. The van der Waals surface area contributed by atoms with Crippen molar-refractivity contribution in [1.29, 1.82) is 0 Å². The van der Waals surface area contributed by atoms with Crippen molar-refractivity contribution in [3.63, 3.8) is 0 Å². The van der Waals surface area contributed by atoms with Crippen LogP contribution in [0.4, 0.5) is 0 Å². The molecule has 15 heavy (non-hydrogen) atoms. The highest BCUT2D eigenvalue weighted by molar-refractivity contribution is 7.09. The maximum atomic E-state index is 11.8. The van der Waals surface area contributed by atoms with Crippen molar-refractivity contribution < 1.29 is 4.79 Å². The minimum absolute atomic E-state index is 0.245. The zero-order chi connectivity index (χ0) is 10.5. The summed E-state index contributed by atoms with van der Waals surface area (Å²) in [5.74, 6) is 0.245. The summed E-state index contributed by atoms with van der Waals surface area (Å²) in [6, 6.07) is 0. The van der Waals surface area contributed by atoms with Crippen LogP contribution in [0, 0.1) is 0 Å². The Labute approximate surface area is 93.4 Å². The second kappa shape index (κ2) is 5.07. The maximum Gasteiger partial charge on any atom is 0.223 e. The van der Waals surface area contributed by atoms with Crippen LogP contribution in [0.1, 0.15) is 17.8 Å². The lowest BCUT2D eigenvalue weighted by molar-refractivity contribution is -0.130. The third-order valence-electron chi connectivity index (χ3n) is 2.45. The Morgan fingerprint density at radius 1 is 1.53 bits per heavy atom. The monoisotopic (exact) mass is 222 g/mol. The highest BCUT2D eigenvalue weighted by atomic mass is 32.1. The fraction of sp³-hybridized carbons (Fsp3) is 0.455. The third kappa shape index (κ3) is 2.89. The van der Waals surface area contributed by atoms with Crippen molar-refractivity contribution in [2.75, 3.05) is 13.1 Å². The Morgan fingerprint density at radius 2 is 2.47 bits per heavy atom. The first-order valence-electron chi connectivity index (χ1n) is 5.17. The number of rotatable bonds is 3. The van der Waals surface area contributed by atoms with Crippen LogP contribution in [0.15, 0.2) is 23.7 Å². The Bertz CT molecular complexity index is 345. The van der Waals surface area contributed by atoms with Crippen molar-refractivity contribution in [3.05, 3.63) is 28.7 Å². The van der Waals surface area contributed by atoms with Gasteiger partial charge in [-0.1, -0.05) is 12.2 Å². The lowest BCUT2D eigenvalue weighted by Gasteiger charge is -2.23. The SMILES string of the molecule is O=C(CCc1nccs1)N1CC=CCC1. The number of hydrogen-bond acceptors (Lipinski definition) is 3. The van der Waals surface area contributed by atoms with Gasteiger partial charge in [-0.2, -0.15) is 0 Å². The molecule has 0 aliphatic carbocycles. The molecule has 0 saturated heterocycles. The molecule has 0 bridgehead atoms. The Morgan fingerprint density at radius 3 is 3.13 bits per heavy atom. The molecule has 2 heterocycles. The summed E-state index contributed by atoms with van der Waals surface area (Å²) in [6.45, 7) is 1.64. The zero-order valence-electron chi connectivity index (χ0n) is 8.56. The fourth-order valence-corrected chi connectivity index (χ4v) is 2.24. The van der Waals surface area contributed by atoms with E-state index in [0.717, 1.165) is 30.9 Å². The highest BCUT2D eigenvalue weighted by Gasteiger charge is 2.13.